The van der Waals surface area contributed by atoms with Gasteiger partial charge < -0.3 is 36.9 Å². The molecule has 8 nitrogen and oxygen atoms in total. The van der Waals surface area contributed by atoms with Crippen LogP contribution in [-0.4, -0.2) is 53.1 Å². The Morgan fingerprint density at radius 3 is 0.765 bits per heavy atom. The summed E-state index contributed by atoms with van der Waals surface area (Å²) in [5.74, 6) is 6.08. The van der Waals surface area contributed by atoms with Gasteiger partial charge in [0.1, 0.15) is 23.0 Å². The zero-order valence-corrected chi connectivity index (χ0v) is 38.4. The zero-order valence-electron chi connectivity index (χ0n) is 38.4. The van der Waals surface area contributed by atoms with Crippen LogP contribution in [0.15, 0.2) is 231 Å². The Hall–Kier alpha value is -8.49. The van der Waals surface area contributed by atoms with Gasteiger partial charge in [-0.2, -0.15) is 0 Å². The third-order valence-corrected chi connectivity index (χ3v) is 12.1. The average Bonchev–Trinajstić information content (AvgIpc) is 3.44. The number of allylic oxidation sites excluding steroid dienone is 2. The molecule has 336 valence electrons. The first-order valence-electron chi connectivity index (χ1n) is 22.4. The summed E-state index contributed by atoms with van der Waals surface area (Å²) in [4.78, 5) is 0. The molecule has 0 N–H and O–H groups in total. The van der Waals surface area contributed by atoms with E-state index in [4.69, 9.17) is 36.9 Å². The summed E-state index contributed by atoms with van der Waals surface area (Å²) in [6.07, 6.45) is 3.91. The number of ether oxygens (including phenoxy) is 4. The lowest BCUT2D eigenvalue weighted by atomic mass is 9.46. The van der Waals surface area contributed by atoms with Crippen molar-refractivity contribution in [3.63, 3.8) is 0 Å². The van der Waals surface area contributed by atoms with Gasteiger partial charge >= 0.3 is 13.1 Å². The molecule has 0 spiro atoms. The van der Waals surface area contributed by atoms with E-state index in [1.54, 1.807) is 28.4 Å². The normalized spacial score (nSPS) is 14.4. The van der Waals surface area contributed by atoms with E-state index < -0.39 is 13.1 Å². The van der Waals surface area contributed by atoms with Crippen LogP contribution >= 0.6 is 0 Å². The molecule has 2 aliphatic rings. The molecule has 0 unspecified atom stereocenters. The predicted molar refractivity (Wildman–Crippen MR) is 275 cm³/mol. The Bertz CT molecular complexity index is 2760. The lowest BCUT2D eigenvalue weighted by Crippen LogP contribution is -2.61. The van der Waals surface area contributed by atoms with Gasteiger partial charge in [0.05, 0.1) is 63.2 Å². The second kappa shape index (κ2) is 20.4. The lowest BCUT2D eigenvalue weighted by Gasteiger charge is -2.33. The molecule has 10 heteroatoms. The van der Waals surface area contributed by atoms with E-state index in [2.05, 4.69) is 48.5 Å². The standard InChI is InChI=1S/2C29H25BO4/c2*1-31-26-17-13-22(14-18-26)28-21-29(23-15-19-27(32-2)20-16-23)34-30(33-28,24-9-5-3-6-10-24)25-11-7-4-8-12-25/h2*3-21H,1-2H3. The van der Waals surface area contributed by atoms with Crippen molar-refractivity contribution in [1.29, 1.82) is 0 Å². The minimum atomic E-state index is -2.05. The van der Waals surface area contributed by atoms with Crippen molar-refractivity contribution < 1.29 is 36.9 Å². The maximum Gasteiger partial charge on any atom is 0.650 e. The molecule has 8 aromatic rings. The van der Waals surface area contributed by atoms with E-state index in [0.717, 1.165) is 90.2 Å². The summed E-state index contributed by atoms with van der Waals surface area (Å²) in [5.41, 5.74) is 7.58. The second-order valence-electron chi connectivity index (χ2n) is 16.2. The molecule has 10 rings (SSSR count). The van der Waals surface area contributed by atoms with Gasteiger partial charge in [-0.05, 0) is 119 Å². The topological polar surface area (TPSA) is 78.0 Å². The molecule has 0 saturated carbocycles. The van der Waals surface area contributed by atoms with E-state index in [1.165, 1.54) is 0 Å². The van der Waals surface area contributed by atoms with Crippen molar-refractivity contribution in [3.8, 4) is 23.0 Å². The monoisotopic (exact) mass is 896 g/mol. The SMILES string of the molecule is COc1ccc(C2=CC(c3ccc(OC)cc3)=[O+][B-](c3ccccc3)(c3ccccc3)O2)cc1.COc1ccc(C2=CC(c3ccc(OC)cc3)=[O+][B-](c3ccccc3)(c3ccccc3)O2)cc1. The molecule has 2 aliphatic heterocycles. The Morgan fingerprint density at radius 1 is 0.294 bits per heavy atom. The molecule has 2 heterocycles. The molecule has 0 amide bonds. The van der Waals surface area contributed by atoms with E-state index >= 15 is 0 Å². The number of ketones is 2. The summed E-state index contributed by atoms with van der Waals surface area (Å²) in [6.45, 7) is -4.11. The summed E-state index contributed by atoms with van der Waals surface area (Å²) >= 11 is 0. The number of rotatable bonds is 12. The van der Waals surface area contributed by atoms with E-state index in [9.17, 15) is 0 Å². The first kappa shape index (κ1) is 44.7. The highest BCUT2D eigenvalue weighted by Crippen LogP contribution is 2.31. The largest absolute Gasteiger partial charge is 0.650 e. The molecule has 0 atom stereocenters. The number of hydrogen-bond donors (Lipinski definition) is 0. The van der Waals surface area contributed by atoms with Crippen molar-refractivity contribution >= 4 is 58.0 Å². The fourth-order valence-electron chi connectivity index (χ4n) is 8.52. The van der Waals surface area contributed by atoms with E-state index in [1.807, 2.05) is 182 Å². The minimum absolute atomic E-state index is 0.729. The van der Waals surface area contributed by atoms with Crippen LogP contribution in [0.2, 0.25) is 0 Å². The van der Waals surface area contributed by atoms with Crippen molar-refractivity contribution in [2.24, 2.45) is 0 Å². The predicted octanol–water partition coefficient (Wildman–Crippen LogP) is 9.50. The van der Waals surface area contributed by atoms with E-state index in [0.29, 0.717) is 0 Å². The molecular weight excluding hydrogens is 846 g/mol. The molecule has 0 aromatic heterocycles. The number of hydrogen-bond acceptors (Lipinski definition) is 6. The highest BCUT2D eigenvalue weighted by Gasteiger charge is 2.52. The first-order chi connectivity index (χ1) is 33.4. The van der Waals surface area contributed by atoms with Crippen LogP contribution in [0.3, 0.4) is 0 Å². The van der Waals surface area contributed by atoms with Gasteiger partial charge in [-0.1, -0.05) is 121 Å². The van der Waals surface area contributed by atoms with Gasteiger partial charge in [-0.25, -0.2) is 0 Å². The first-order valence-corrected chi connectivity index (χ1v) is 22.4. The third-order valence-electron chi connectivity index (χ3n) is 12.1. The second-order valence-corrected chi connectivity index (χ2v) is 16.2. The van der Waals surface area contributed by atoms with Crippen molar-refractivity contribution in [3.05, 3.63) is 253 Å². The molecule has 8 aromatic carbocycles. The van der Waals surface area contributed by atoms with Crippen molar-refractivity contribution in [2.45, 2.75) is 0 Å². The molecule has 68 heavy (non-hydrogen) atoms. The molecule has 0 radical (unpaired) electrons. The number of benzene rings is 8. The van der Waals surface area contributed by atoms with Crippen molar-refractivity contribution in [1.82, 2.24) is 0 Å². The highest BCUT2D eigenvalue weighted by molar-refractivity contribution is 6.92. The van der Waals surface area contributed by atoms with Crippen LogP contribution in [0.25, 0.3) is 11.5 Å². The van der Waals surface area contributed by atoms with Crippen LogP contribution in [0.1, 0.15) is 30.9 Å². The summed E-state index contributed by atoms with van der Waals surface area (Å²) in [6, 6.07) is 71.9. The molecule has 0 bridgehead atoms. The van der Waals surface area contributed by atoms with E-state index in [-0.39, 0.29) is 0 Å². The molecule has 0 saturated heterocycles. The number of methoxy groups -OCH3 is 4. The molecule has 0 aliphatic carbocycles. The smallest absolute Gasteiger partial charge is 0.625 e. The number of carbonyl (C=O) groups excluding carboxylic acids is 2. The quantitative estimate of drug-likeness (QED) is 0.0899. The van der Waals surface area contributed by atoms with Crippen LogP contribution in [-0.2, 0) is 9.31 Å². The van der Waals surface area contributed by atoms with Crippen LogP contribution in [0, 0.1) is 0 Å². The van der Waals surface area contributed by atoms with Gasteiger partial charge in [-0.15, -0.1) is 0 Å². The van der Waals surface area contributed by atoms with Gasteiger partial charge in [0.2, 0.25) is 0 Å². The molecule has 0 fully saturated rings. The van der Waals surface area contributed by atoms with Crippen LogP contribution in [0.5, 0.6) is 23.0 Å². The Labute approximate surface area is 397 Å². The van der Waals surface area contributed by atoms with Crippen LogP contribution in [0.4, 0.5) is 0 Å². The molecular formula is C58H50B2O8. The third kappa shape index (κ3) is 9.44. The maximum absolute atomic E-state index is 6.82. The van der Waals surface area contributed by atoms with Crippen molar-refractivity contribution in [2.75, 3.05) is 28.4 Å². The average molecular weight is 897 g/mol. The fraction of sp³-hybridized carbons (Fsp3) is 0.0690. The van der Waals surface area contributed by atoms with Gasteiger partial charge in [0.15, 0.2) is 0 Å². The maximum atomic E-state index is 6.82. The zero-order chi connectivity index (χ0) is 46.8. The Morgan fingerprint density at radius 2 is 0.529 bits per heavy atom. The summed E-state index contributed by atoms with van der Waals surface area (Å²) in [7, 11) is 6.64. The van der Waals surface area contributed by atoms with Gasteiger partial charge in [0.25, 0.3) is 11.6 Å². The summed E-state index contributed by atoms with van der Waals surface area (Å²) < 4.78 is 48.7. The fourth-order valence-corrected chi connectivity index (χ4v) is 8.52. The van der Waals surface area contributed by atoms with Gasteiger partial charge in [0, 0.05) is 11.1 Å². The Kier molecular flexibility index (Phi) is 13.4. The minimum Gasteiger partial charge on any atom is -0.625 e. The Balaban J connectivity index is 0.000000170. The highest BCUT2D eigenvalue weighted by atomic mass is 16.6. The van der Waals surface area contributed by atoms with Gasteiger partial charge in [-0.3, -0.25) is 0 Å². The summed E-state index contributed by atoms with van der Waals surface area (Å²) in [5, 5.41) is 0. The van der Waals surface area contributed by atoms with Crippen LogP contribution < -0.4 is 40.8 Å². The lowest BCUT2D eigenvalue weighted by molar-refractivity contribution is -0.125.